The van der Waals surface area contributed by atoms with Crippen molar-refractivity contribution in [2.24, 2.45) is 0 Å². The van der Waals surface area contributed by atoms with Gasteiger partial charge in [0.15, 0.2) is 11.5 Å². The summed E-state index contributed by atoms with van der Waals surface area (Å²) < 4.78 is 25.1. The molecule has 0 aromatic heterocycles. The second kappa shape index (κ2) is 11.5. The molecule has 10 heteroatoms. The first kappa shape index (κ1) is 26.9. The van der Waals surface area contributed by atoms with Gasteiger partial charge in [0.1, 0.15) is 18.0 Å². The average Bonchev–Trinajstić information content (AvgIpc) is 2.87. The topological polar surface area (TPSA) is 84.9 Å². The highest BCUT2D eigenvalue weighted by atomic mass is 35.5. The van der Waals surface area contributed by atoms with Crippen LogP contribution in [0.3, 0.4) is 0 Å². The molecule has 4 rings (SSSR count). The molecule has 1 aliphatic rings. The van der Waals surface area contributed by atoms with Gasteiger partial charge in [-0.05, 0) is 66.1 Å². The molecular formula is C28H21Cl2FN2O5. The summed E-state index contributed by atoms with van der Waals surface area (Å²) in [6.45, 7) is 3.86. The fourth-order valence-electron chi connectivity index (χ4n) is 3.85. The van der Waals surface area contributed by atoms with Crippen LogP contribution in [0.5, 0.6) is 11.5 Å². The van der Waals surface area contributed by atoms with Crippen LogP contribution in [0, 0.1) is 5.82 Å². The van der Waals surface area contributed by atoms with Crippen LogP contribution in [0.25, 0.3) is 6.08 Å². The number of methoxy groups -OCH3 is 1. The van der Waals surface area contributed by atoms with Gasteiger partial charge in [0.25, 0.3) is 11.8 Å². The standard InChI is InChI=1S/C28H21Cl2FN2O5/c1-3-5-18-10-17(13-24(37-2)25(18)38-15-16-6-4-7-19(31)11-16)12-21-26(34)32-28(36)33(27(21)35)20-8-9-22(29)23(30)14-20/h3-4,6-14H,1,5,15H2,2H3,(H,32,34,36)/b21-12+. The normalized spacial score (nSPS) is 14.5. The van der Waals surface area contributed by atoms with E-state index in [0.717, 1.165) is 4.90 Å². The van der Waals surface area contributed by atoms with Gasteiger partial charge in [0.2, 0.25) is 0 Å². The van der Waals surface area contributed by atoms with E-state index in [9.17, 15) is 18.8 Å². The molecule has 7 nitrogen and oxygen atoms in total. The molecule has 0 bridgehead atoms. The summed E-state index contributed by atoms with van der Waals surface area (Å²) in [5, 5.41) is 2.55. The molecule has 3 aromatic rings. The number of barbiturate groups is 1. The summed E-state index contributed by atoms with van der Waals surface area (Å²) in [5.74, 6) is -1.34. The van der Waals surface area contributed by atoms with E-state index in [-0.39, 0.29) is 33.7 Å². The number of hydrogen-bond acceptors (Lipinski definition) is 5. The number of imide groups is 2. The molecule has 0 atom stereocenters. The van der Waals surface area contributed by atoms with Gasteiger partial charge in [-0.1, -0.05) is 41.4 Å². The van der Waals surface area contributed by atoms with E-state index < -0.39 is 17.8 Å². The van der Waals surface area contributed by atoms with E-state index in [1.165, 1.54) is 43.5 Å². The van der Waals surface area contributed by atoms with Crippen LogP contribution in [0.2, 0.25) is 10.0 Å². The Labute approximate surface area is 228 Å². The van der Waals surface area contributed by atoms with Gasteiger partial charge >= 0.3 is 6.03 Å². The van der Waals surface area contributed by atoms with Crippen LogP contribution < -0.4 is 19.7 Å². The third-order valence-electron chi connectivity index (χ3n) is 5.58. The van der Waals surface area contributed by atoms with Crippen molar-refractivity contribution in [1.29, 1.82) is 0 Å². The van der Waals surface area contributed by atoms with Crippen molar-refractivity contribution in [2.75, 3.05) is 12.0 Å². The van der Waals surface area contributed by atoms with Gasteiger partial charge in [0, 0.05) is 5.56 Å². The molecule has 1 N–H and O–H groups in total. The molecule has 1 fully saturated rings. The average molecular weight is 555 g/mol. The monoisotopic (exact) mass is 554 g/mol. The lowest BCUT2D eigenvalue weighted by Crippen LogP contribution is -2.54. The maximum Gasteiger partial charge on any atom is 0.335 e. The zero-order valence-electron chi connectivity index (χ0n) is 20.1. The second-order valence-corrected chi connectivity index (χ2v) is 8.99. The lowest BCUT2D eigenvalue weighted by Gasteiger charge is -2.26. The highest BCUT2D eigenvalue weighted by Gasteiger charge is 2.37. The lowest BCUT2D eigenvalue weighted by atomic mass is 10.0. The molecule has 1 aliphatic heterocycles. The number of anilines is 1. The van der Waals surface area contributed by atoms with Crippen LogP contribution in [0.15, 0.2) is 72.8 Å². The number of halogens is 3. The van der Waals surface area contributed by atoms with E-state index in [2.05, 4.69) is 11.9 Å². The zero-order chi connectivity index (χ0) is 27.4. The molecule has 4 amide bonds. The van der Waals surface area contributed by atoms with Crippen LogP contribution in [0.1, 0.15) is 16.7 Å². The maximum atomic E-state index is 13.6. The molecule has 38 heavy (non-hydrogen) atoms. The SMILES string of the molecule is C=CCc1cc(/C=C2\C(=O)NC(=O)N(c3ccc(Cl)c(Cl)c3)C2=O)cc(OC)c1OCc1cccc(F)c1. The number of urea groups is 1. The van der Waals surface area contributed by atoms with Crippen molar-refractivity contribution in [3.8, 4) is 11.5 Å². The number of carbonyl (C=O) groups excluding carboxylic acids is 3. The van der Waals surface area contributed by atoms with Gasteiger partial charge in [-0.15, -0.1) is 6.58 Å². The third-order valence-corrected chi connectivity index (χ3v) is 6.32. The Kier molecular flexibility index (Phi) is 8.14. The molecule has 0 spiro atoms. The minimum atomic E-state index is -0.915. The summed E-state index contributed by atoms with van der Waals surface area (Å²) in [4.78, 5) is 39.2. The van der Waals surface area contributed by atoms with Crippen molar-refractivity contribution in [2.45, 2.75) is 13.0 Å². The van der Waals surface area contributed by atoms with Gasteiger partial charge in [-0.25, -0.2) is 14.1 Å². The van der Waals surface area contributed by atoms with Crippen molar-refractivity contribution in [3.05, 3.63) is 105 Å². The molecule has 0 radical (unpaired) electrons. The number of allylic oxidation sites excluding steroid dienone is 1. The first-order valence-corrected chi connectivity index (χ1v) is 12.0. The molecule has 0 unspecified atom stereocenters. The molecular weight excluding hydrogens is 534 g/mol. The molecule has 1 heterocycles. The molecule has 0 aliphatic carbocycles. The fraction of sp³-hybridized carbons (Fsp3) is 0.107. The zero-order valence-corrected chi connectivity index (χ0v) is 21.6. The number of nitrogens with one attached hydrogen (secondary N) is 1. The van der Waals surface area contributed by atoms with E-state index in [4.69, 9.17) is 32.7 Å². The first-order valence-electron chi connectivity index (χ1n) is 11.3. The first-order chi connectivity index (χ1) is 18.2. The van der Waals surface area contributed by atoms with Crippen LogP contribution in [-0.4, -0.2) is 25.0 Å². The summed E-state index contributed by atoms with van der Waals surface area (Å²) in [6, 6.07) is 12.6. The Morgan fingerprint density at radius 3 is 2.53 bits per heavy atom. The molecule has 0 saturated carbocycles. The third kappa shape index (κ3) is 5.72. The maximum absolute atomic E-state index is 13.6. The predicted molar refractivity (Wildman–Crippen MR) is 143 cm³/mol. The molecule has 194 valence electrons. The summed E-state index contributed by atoms with van der Waals surface area (Å²) in [5.41, 5.74) is 1.59. The minimum absolute atomic E-state index is 0.0836. The lowest BCUT2D eigenvalue weighted by molar-refractivity contribution is -0.122. The van der Waals surface area contributed by atoms with Gasteiger partial charge in [-0.3, -0.25) is 14.9 Å². The molecule has 3 aromatic carbocycles. The van der Waals surface area contributed by atoms with Gasteiger partial charge in [-0.2, -0.15) is 0 Å². The summed E-state index contributed by atoms with van der Waals surface area (Å²) in [7, 11) is 1.45. The molecule has 1 saturated heterocycles. The Balaban J connectivity index is 1.70. The largest absolute Gasteiger partial charge is 0.493 e. The summed E-state index contributed by atoms with van der Waals surface area (Å²) in [6.07, 6.45) is 3.38. The summed E-state index contributed by atoms with van der Waals surface area (Å²) >= 11 is 12.0. The second-order valence-electron chi connectivity index (χ2n) is 8.18. The van der Waals surface area contributed by atoms with Gasteiger partial charge < -0.3 is 9.47 Å². The number of hydrogen-bond donors (Lipinski definition) is 1. The van der Waals surface area contributed by atoms with Crippen LogP contribution in [-0.2, 0) is 22.6 Å². The Bertz CT molecular complexity index is 1490. The Hall–Kier alpha value is -4.14. The number of ether oxygens (including phenoxy) is 2. The number of carbonyl (C=O) groups is 3. The number of nitrogens with zero attached hydrogens (tertiary/aromatic N) is 1. The van der Waals surface area contributed by atoms with E-state index in [1.54, 1.807) is 30.3 Å². The van der Waals surface area contributed by atoms with Crippen molar-refractivity contribution < 1.29 is 28.2 Å². The smallest absolute Gasteiger partial charge is 0.335 e. The highest BCUT2D eigenvalue weighted by molar-refractivity contribution is 6.43. The van der Waals surface area contributed by atoms with Gasteiger partial charge in [0.05, 0.1) is 22.8 Å². The van der Waals surface area contributed by atoms with Crippen LogP contribution >= 0.6 is 23.2 Å². The highest BCUT2D eigenvalue weighted by Crippen LogP contribution is 2.36. The van der Waals surface area contributed by atoms with E-state index >= 15 is 0 Å². The number of rotatable bonds is 8. The Morgan fingerprint density at radius 2 is 1.84 bits per heavy atom. The van der Waals surface area contributed by atoms with E-state index in [0.29, 0.717) is 34.6 Å². The van der Waals surface area contributed by atoms with Crippen molar-refractivity contribution >= 4 is 52.8 Å². The van der Waals surface area contributed by atoms with Crippen molar-refractivity contribution in [3.63, 3.8) is 0 Å². The van der Waals surface area contributed by atoms with Crippen molar-refractivity contribution in [1.82, 2.24) is 5.32 Å². The Morgan fingerprint density at radius 1 is 1.05 bits per heavy atom. The van der Waals surface area contributed by atoms with E-state index in [1.807, 2.05) is 0 Å². The quantitative estimate of drug-likeness (QED) is 0.206. The number of amides is 4. The minimum Gasteiger partial charge on any atom is -0.493 e. The predicted octanol–water partition coefficient (Wildman–Crippen LogP) is 6.12. The van der Waals surface area contributed by atoms with Crippen LogP contribution in [0.4, 0.5) is 14.9 Å². The number of benzene rings is 3. The fourth-order valence-corrected chi connectivity index (χ4v) is 4.15.